The van der Waals surface area contributed by atoms with Crippen LogP contribution in [0.1, 0.15) is 55.5 Å². The van der Waals surface area contributed by atoms with E-state index in [1.54, 1.807) is 6.20 Å². The molecule has 0 bridgehead atoms. The Balaban J connectivity index is 1.49. The van der Waals surface area contributed by atoms with Crippen molar-refractivity contribution >= 4 is 17.4 Å². The molecule has 1 amide bonds. The zero-order chi connectivity index (χ0) is 20.1. The third kappa shape index (κ3) is 3.31. The van der Waals surface area contributed by atoms with Crippen LogP contribution in [-0.4, -0.2) is 41.7 Å². The topological polar surface area (TPSA) is 45.7 Å². The molecule has 3 heterocycles. The molecule has 29 heavy (non-hydrogen) atoms. The van der Waals surface area contributed by atoms with Crippen molar-refractivity contribution in [1.29, 1.82) is 0 Å². The van der Waals surface area contributed by atoms with Gasteiger partial charge in [-0.25, -0.2) is 4.98 Å². The van der Waals surface area contributed by atoms with Gasteiger partial charge in [0.15, 0.2) is 0 Å². The van der Waals surface area contributed by atoms with Gasteiger partial charge in [-0.15, -0.1) is 0 Å². The van der Waals surface area contributed by atoms with Crippen molar-refractivity contribution in [3.63, 3.8) is 0 Å². The molecule has 5 rings (SSSR count). The van der Waals surface area contributed by atoms with E-state index in [0.29, 0.717) is 5.56 Å². The van der Waals surface area contributed by atoms with Crippen molar-refractivity contribution in [2.45, 2.75) is 57.2 Å². The van der Waals surface area contributed by atoms with Gasteiger partial charge in [0.05, 0.1) is 16.8 Å². The standard InChI is InChI=1S/C24H29N3O2/c1-23(2)16-26(17-24(29-23)12-5-6-13-24)21-19(9-7-14-25-21)22(28)27-15-11-18-8-3-4-10-20(18)27/h3-4,7-10,14H,5-6,11-13,15-17H2,1-2H3. The van der Waals surface area contributed by atoms with Crippen molar-refractivity contribution in [1.82, 2.24) is 4.98 Å². The summed E-state index contributed by atoms with van der Waals surface area (Å²) in [5.41, 5.74) is 2.58. The summed E-state index contributed by atoms with van der Waals surface area (Å²) in [6.45, 7) is 6.58. The number of anilines is 2. The lowest BCUT2D eigenvalue weighted by atomic mass is 9.93. The largest absolute Gasteiger partial charge is 0.365 e. The maximum Gasteiger partial charge on any atom is 0.262 e. The van der Waals surface area contributed by atoms with Crippen LogP contribution in [0.5, 0.6) is 0 Å². The number of hydrogen-bond acceptors (Lipinski definition) is 4. The Morgan fingerprint density at radius 2 is 1.86 bits per heavy atom. The summed E-state index contributed by atoms with van der Waals surface area (Å²) in [4.78, 5) is 22.5. The number of hydrogen-bond donors (Lipinski definition) is 0. The second-order valence-corrected chi connectivity index (χ2v) is 9.32. The number of carbonyl (C=O) groups excluding carboxylic acids is 1. The highest BCUT2D eigenvalue weighted by Crippen LogP contribution is 2.42. The maximum atomic E-state index is 13.6. The molecule has 0 N–H and O–H groups in total. The van der Waals surface area contributed by atoms with Gasteiger partial charge in [-0.3, -0.25) is 4.79 Å². The van der Waals surface area contributed by atoms with Gasteiger partial charge in [0, 0.05) is 31.5 Å². The summed E-state index contributed by atoms with van der Waals surface area (Å²) in [5.74, 6) is 0.840. The number of pyridine rings is 1. The predicted octanol–water partition coefficient (Wildman–Crippen LogP) is 4.21. The zero-order valence-electron chi connectivity index (χ0n) is 17.4. The van der Waals surface area contributed by atoms with E-state index in [1.165, 1.54) is 18.4 Å². The molecule has 5 nitrogen and oxygen atoms in total. The number of morpholine rings is 1. The van der Waals surface area contributed by atoms with Crippen LogP contribution in [0.4, 0.5) is 11.5 Å². The van der Waals surface area contributed by atoms with Crippen molar-refractivity contribution in [3.8, 4) is 0 Å². The molecule has 2 fully saturated rings. The molecule has 1 saturated carbocycles. The number of rotatable bonds is 2. The normalized spacial score (nSPS) is 22.1. The summed E-state index contributed by atoms with van der Waals surface area (Å²) in [5, 5.41) is 0. The lowest BCUT2D eigenvalue weighted by Gasteiger charge is -2.49. The van der Waals surface area contributed by atoms with E-state index >= 15 is 0 Å². The van der Waals surface area contributed by atoms with E-state index in [1.807, 2.05) is 35.2 Å². The minimum absolute atomic E-state index is 0.0443. The number of para-hydroxylation sites is 1. The van der Waals surface area contributed by atoms with Crippen molar-refractivity contribution < 1.29 is 9.53 Å². The van der Waals surface area contributed by atoms with Gasteiger partial charge in [0.2, 0.25) is 0 Å². The Kier molecular flexibility index (Phi) is 4.39. The van der Waals surface area contributed by atoms with Crippen LogP contribution in [-0.2, 0) is 11.2 Å². The van der Waals surface area contributed by atoms with Crippen molar-refractivity contribution in [2.75, 3.05) is 29.4 Å². The molecular formula is C24H29N3O2. The number of benzene rings is 1. The number of aromatic nitrogens is 1. The van der Waals surface area contributed by atoms with Gasteiger partial charge < -0.3 is 14.5 Å². The molecule has 3 aliphatic rings. The molecule has 152 valence electrons. The zero-order valence-corrected chi connectivity index (χ0v) is 17.4. The molecule has 5 heteroatoms. The molecule has 1 aromatic carbocycles. The minimum atomic E-state index is -0.263. The molecule has 0 radical (unpaired) electrons. The Bertz CT molecular complexity index is 933. The first kappa shape index (κ1) is 18.6. The summed E-state index contributed by atoms with van der Waals surface area (Å²) < 4.78 is 6.56. The molecule has 1 aliphatic carbocycles. The number of fused-ring (bicyclic) bond motifs is 1. The lowest BCUT2D eigenvalue weighted by molar-refractivity contribution is -0.148. The van der Waals surface area contributed by atoms with Crippen LogP contribution in [0.3, 0.4) is 0 Å². The number of ether oxygens (including phenoxy) is 1. The molecule has 2 aliphatic heterocycles. The van der Waals surface area contributed by atoms with Crippen LogP contribution in [0.15, 0.2) is 42.6 Å². The summed E-state index contributed by atoms with van der Waals surface area (Å²) in [6.07, 6.45) is 7.30. The monoisotopic (exact) mass is 391 g/mol. The van der Waals surface area contributed by atoms with E-state index in [4.69, 9.17) is 9.72 Å². The minimum Gasteiger partial charge on any atom is -0.365 e. The molecule has 1 aromatic heterocycles. The highest BCUT2D eigenvalue weighted by molar-refractivity contribution is 6.10. The van der Waals surface area contributed by atoms with Crippen molar-refractivity contribution in [3.05, 3.63) is 53.7 Å². The lowest BCUT2D eigenvalue weighted by Crippen LogP contribution is -2.59. The third-order valence-electron chi connectivity index (χ3n) is 6.51. The Labute approximate surface area is 172 Å². The number of nitrogens with zero attached hydrogens (tertiary/aromatic N) is 3. The Morgan fingerprint density at radius 1 is 1.07 bits per heavy atom. The second kappa shape index (κ2) is 6.84. The van der Waals surface area contributed by atoms with Gasteiger partial charge in [-0.1, -0.05) is 31.0 Å². The van der Waals surface area contributed by atoms with E-state index in [-0.39, 0.29) is 17.1 Å². The van der Waals surface area contributed by atoms with Crippen LogP contribution in [0.2, 0.25) is 0 Å². The molecule has 0 unspecified atom stereocenters. The fraction of sp³-hybridized carbons (Fsp3) is 0.500. The van der Waals surface area contributed by atoms with Crippen LogP contribution in [0, 0.1) is 0 Å². The quantitative estimate of drug-likeness (QED) is 0.769. The molecule has 1 saturated heterocycles. The molecule has 2 aromatic rings. The van der Waals surface area contributed by atoms with E-state index < -0.39 is 0 Å². The first-order valence-electron chi connectivity index (χ1n) is 10.8. The first-order valence-corrected chi connectivity index (χ1v) is 10.8. The number of carbonyl (C=O) groups is 1. The maximum absolute atomic E-state index is 13.6. The Morgan fingerprint density at radius 3 is 2.69 bits per heavy atom. The SMILES string of the molecule is CC1(C)CN(c2ncccc2C(=O)N2CCc3ccccc32)CC2(CCCC2)O1. The molecular weight excluding hydrogens is 362 g/mol. The third-order valence-corrected chi connectivity index (χ3v) is 6.51. The average molecular weight is 392 g/mol. The number of amides is 1. The van der Waals surface area contributed by atoms with E-state index in [9.17, 15) is 4.79 Å². The summed E-state index contributed by atoms with van der Waals surface area (Å²) >= 11 is 0. The molecule has 1 spiro atoms. The van der Waals surface area contributed by atoms with Gasteiger partial charge in [-0.05, 0) is 56.9 Å². The summed E-state index contributed by atoms with van der Waals surface area (Å²) in [7, 11) is 0. The fourth-order valence-electron chi connectivity index (χ4n) is 5.45. The van der Waals surface area contributed by atoms with Crippen molar-refractivity contribution in [2.24, 2.45) is 0 Å². The van der Waals surface area contributed by atoms with Gasteiger partial charge >= 0.3 is 0 Å². The van der Waals surface area contributed by atoms with Gasteiger partial charge in [-0.2, -0.15) is 0 Å². The summed E-state index contributed by atoms with van der Waals surface area (Å²) in [6, 6.07) is 12.0. The first-order chi connectivity index (χ1) is 14.0. The smallest absolute Gasteiger partial charge is 0.262 e. The average Bonchev–Trinajstić information content (AvgIpc) is 3.33. The second-order valence-electron chi connectivity index (χ2n) is 9.32. The Hall–Kier alpha value is -2.40. The van der Waals surface area contributed by atoms with Crippen LogP contribution in [0.25, 0.3) is 0 Å². The predicted molar refractivity (Wildman–Crippen MR) is 115 cm³/mol. The van der Waals surface area contributed by atoms with Gasteiger partial charge in [0.25, 0.3) is 5.91 Å². The molecule has 0 atom stereocenters. The van der Waals surface area contributed by atoms with Crippen LogP contribution >= 0.6 is 0 Å². The fourth-order valence-corrected chi connectivity index (χ4v) is 5.45. The van der Waals surface area contributed by atoms with Crippen LogP contribution < -0.4 is 9.80 Å². The van der Waals surface area contributed by atoms with E-state index in [2.05, 4.69) is 24.8 Å². The van der Waals surface area contributed by atoms with Gasteiger partial charge in [0.1, 0.15) is 5.82 Å². The highest BCUT2D eigenvalue weighted by atomic mass is 16.5. The van der Waals surface area contributed by atoms with E-state index in [0.717, 1.165) is 50.4 Å². The highest BCUT2D eigenvalue weighted by Gasteiger charge is 2.46.